The Balaban J connectivity index is -0.000000141. The average Bonchev–Trinajstić information content (AvgIpc) is 2.16. The quantitative estimate of drug-likeness (QED) is 0.431. The molecule has 0 aromatic rings. The highest BCUT2D eigenvalue weighted by Gasteiger charge is 2.14. The molecule has 0 amide bonds. The summed E-state index contributed by atoms with van der Waals surface area (Å²) in [4.78, 5) is 20.1. The number of ether oxygens (including phenoxy) is 1. The van der Waals surface area contributed by atoms with Gasteiger partial charge < -0.3 is 9.84 Å². The number of carbonyl (C=O) groups is 2. The number of carboxylic acid groups (broad SMARTS) is 1. The molecule has 1 atom stereocenters. The van der Waals surface area contributed by atoms with E-state index in [1.54, 1.807) is 18.2 Å². The van der Waals surface area contributed by atoms with Gasteiger partial charge in [0.05, 0.1) is 6.07 Å². The molecule has 0 aliphatic heterocycles. The zero-order chi connectivity index (χ0) is 10.8. The summed E-state index contributed by atoms with van der Waals surface area (Å²) in [6.45, 7) is 0.507. The number of nitrogens with zero attached hydrogens (tertiary/aromatic N) is 1. The van der Waals surface area contributed by atoms with Crippen LogP contribution in [0.25, 0.3) is 0 Å². The van der Waals surface area contributed by atoms with Crippen LogP contribution in [0.4, 0.5) is 0 Å². The molecule has 5 heteroatoms. The summed E-state index contributed by atoms with van der Waals surface area (Å²) in [5.41, 5.74) is 0. The van der Waals surface area contributed by atoms with E-state index in [0.29, 0.717) is 12.9 Å². The van der Waals surface area contributed by atoms with Crippen molar-refractivity contribution in [3.63, 3.8) is 0 Å². The van der Waals surface area contributed by atoms with E-state index in [2.05, 4.69) is 4.74 Å². The lowest BCUT2D eigenvalue weighted by molar-refractivity contribution is -0.140. The summed E-state index contributed by atoms with van der Waals surface area (Å²) < 4.78 is 4.37. The van der Waals surface area contributed by atoms with E-state index in [4.69, 9.17) is 10.4 Å². The molecule has 108 valence electrons. The van der Waals surface area contributed by atoms with E-state index in [1.807, 2.05) is 0 Å². The van der Waals surface area contributed by atoms with Gasteiger partial charge in [-0.3, -0.25) is 9.59 Å². The van der Waals surface area contributed by atoms with Gasteiger partial charge in [-0.25, -0.2) is 0 Å². The smallest absolute Gasteiger partial charge is 0.320 e. The van der Waals surface area contributed by atoms with Crippen LogP contribution in [-0.4, -0.2) is 24.2 Å². The van der Waals surface area contributed by atoms with Crippen molar-refractivity contribution < 1.29 is 19.4 Å². The molecule has 0 fully saturated rings. The largest absolute Gasteiger partial charge is 0.480 e. The Kier molecular flexibility index (Phi) is 34.1. The second kappa shape index (κ2) is 20.6. The van der Waals surface area contributed by atoms with Crippen molar-refractivity contribution in [1.82, 2.24) is 0 Å². The highest BCUT2D eigenvalue weighted by atomic mass is 16.5. The highest BCUT2D eigenvalue weighted by Crippen LogP contribution is 2.05. The third kappa shape index (κ3) is 16.6. The lowest BCUT2D eigenvalue weighted by Gasteiger charge is -1.99. The summed E-state index contributed by atoms with van der Waals surface area (Å²) in [6, 6.07) is 1.68. The molecule has 0 aromatic heterocycles. The molecule has 0 aliphatic rings. The number of hydrogen-bond acceptors (Lipinski definition) is 4. The molecule has 0 bridgehead atoms. The Bertz CT molecular complexity index is 256. The van der Waals surface area contributed by atoms with Crippen LogP contribution in [0.15, 0.2) is 12.2 Å². The molecular weight excluding hydrogens is 234 g/mol. The standard InChI is InChI=1S/C9H11NO4.4CH4/c10-6-8(9(12)13)4-2-1-3-5-14-7-11;;;;/h1,3,7-8H,2,4-5H2,(H,12,13);4*1H4. The van der Waals surface area contributed by atoms with Crippen LogP contribution < -0.4 is 0 Å². The maximum atomic E-state index is 10.4. The maximum Gasteiger partial charge on any atom is 0.320 e. The summed E-state index contributed by atoms with van der Waals surface area (Å²) in [6.07, 6.45) is 4.03. The Labute approximate surface area is 111 Å². The van der Waals surface area contributed by atoms with Gasteiger partial charge in [-0.1, -0.05) is 41.9 Å². The minimum Gasteiger partial charge on any atom is -0.480 e. The molecule has 1 unspecified atom stereocenters. The van der Waals surface area contributed by atoms with Gasteiger partial charge >= 0.3 is 5.97 Å². The number of rotatable bonds is 7. The molecular formula is C13H27NO4. The molecule has 0 rings (SSSR count). The van der Waals surface area contributed by atoms with Crippen molar-refractivity contribution in [2.45, 2.75) is 42.5 Å². The van der Waals surface area contributed by atoms with Crippen molar-refractivity contribution in [3.05, 3.63) is 12.2 Å². The third-order valence-corrected chi connectivity index (χ3v) is 1.50. The lowest BCUT2D eigenvalue weighted by Crippen LogP contribution is -2.10. The van der Waals surface area contributed by atoms with Gasteiger partial charge in [0, 0.05) is 0 Å². The van der Waals surface area contributed by atoms with Gasteiger partial charge in [-0.2, -0.15) is 5.26 Å². The Morgan fingerprint density at radius 3 is 2.22 bits per heavy atom. The molecule has 0 aliphatic carbocycles. The van der Waals surface area contributed by atoms with Gasteiger partial charge in [0.2, 0.25) is 0 Å². The fourth-order valence-electron chi connectivity index (χ4n) is 0.787. The molecule has 18 heavy (non-hydrogen) atoms. The van der Waals surface area contributed by atoms with Gasteiger partial charge in [-0.05, 0) is 12.8 Å². The number of carbonyl (C=O) groups excluding carboxylic acids is 1. The first-order valence-corrected chi connectivity index (χ1v) is 4.05. The summed E-state index contributed by atoms with van der Waals surface area (Å²) >= 11 is 0. The maximum absolute atomic E-state index is 10.4. The van der Waals surface area contributed by atoms with Crippen molar-refractivity contribution in [2.75, 3.05) is 6.61 Å². The van der Waals surface area contributed by atoms with E-state index in [9.17, 15) is 9.59 Å². The molecule has 0 heterocycles. The summed E-state index contributed by atoms with van der Waals surface area (Å²) in [7, 11) is 0. The fourth-order valence-corrected chi connectivity index (χ4v) is 0.787. The van der Waals surface area contributed by atoms with E-state index in [-0.39, 0.29) is 42.7 Å². The van der Waals surface area contributed by atoms with Crippen molar-refractivity contribution in [1.29, 1.82) is 5.26 Å². The molecule has 0 aromatic carbocycles. The lowest BCUT2D eigenvalue weighted by atomic mass is 10.1. The minimum absolute atomic E-state index is 0. The van der Waals surface area contributed by atoms with Crippen molar-refractivity contribution >= 4 is 12.4 Å². The van der Waals surface area contributed by atoms with Crippen molar-refractivity contribution in [3.8, 4) is 6.07 Å². The zero-order valence-corrected chi connectivity index (χ0v) is 7.55. The van der Waals surface area contributed by atoms with Gasteiger partial charge in [0.1, 0.15) is 12.5 Å². The predicted octanol–water partition coefficient (Wildman–Crippen LogP) is 3.26. The molecule has 1 N–H and O–H groups in total. The van der Waals surface area contributed by atoms with Crippen molar-refractivity contribution in [2.24, 2.45) is 5.92 Å². The first-order chi connectivity index (χ1) is 6.72. The molecule has 0 spiro atoms. The van der Waals surface area contributed by atoms with Crippen LogP contribution in [0.1, 0.15) is 42.5 Å². The van der Waals surface area contributed by atoms with E-state index in [1.165, 1.54) is 0 Å². The Morgan fingerprint density at radius 2 is 1.83 bits per heavy atom. The first kappa shape index (κ1) is 29.8. The van der Waals surface area contributed by atoms with Gasteiger partial charge in [-0.15, -0.1) is 0 Å². The van der Waals surface area contributed by atoms with E-state index < -0.39 is 11.9 Å². The Morgan fingerprint density at radius 1 is 1.28 bits per heavy atom. The van der Waals surface area contributed by atoms with E-state index in [0.717, 1.165) is 0 Å². The average molecular weight is 261 g/mol. The van der Waals surface area contributed by atoms with Crippen LogP contribution in [0, 0.1) is 17.2 Å². The number of hydrogen-bond donors (Lipinski definition) is 1. The third-order valence-electron chi connectivity index (χ3n) is 1.50. The number of carboxylic acids is 1. The highest BCUT2D eigenvalue weighted by molar-refractivity contribution is 5.72. The second-order valence-corrected chi connectivity index (χ2v) is 2.50. The predicted molar refractivity (Wildman–Crippen MR) is 74.1 cm³/mol. The number of nitriles is 1. The SMILES string of the molecule is C.C.C.C.N#CC(CCC=CCOC=O)C(=O)O. The monoisotopic (exact) mass is 261 g/mol. The van der Waals surface area contributed by atoms with Crippen LogP contribution in [-0.2, 0) is 14.3 Å². The molecule has 0 saturated carbocycles. The second-order valence-electron chi connectivity index (χ2n) is 2.50. The fraction of sp³-hybridized carbons (Fsp3) is 0.615. The van der Waals surface area contributed by atoms with Crippen LogP contribution in [0.2, 0.25) is 0 Å². The summed E-state index contributed by atoms with van der Waals surface area (Å²) in [5.74, 6) is -2.07. The van der Waals surface area contributed by atoms with E-state index >= 15 is 0 Å². The Hall–Kier alpha value is -1.83. The molecule has 0 radical (unpaired) electrons. The van der Waals surface area contributed by atoms with Crippen LogP contribution >= 0.6 is 0 Å². The molecule has 5 nitrogen and oxygen atoms in total. The zero-order valence-electron chi connectivity index (χ0n) is 7.55. The first-order valence-electron chi connectivity index (χ1n) is 4.05. The van der Waals surface area contributed by atoms with Gasteiger partial charge in [0.25, 0.3) is 6.47 Å². The number of allylic oxidation sites excluding steroid dienone is 1. The topological polar surface area (TPSA) is 87.4 Å². The summed E-state index contributed by atoms with van der Waals surface area (Å²) in [5, 5.41) is 16.9. The molecule has 0 saturated heterocycles. The van der Waals surface area contributed by atoms with Crippen LogP contribution in [0.5, 0.6) is 0 Å². The normalized spacial score (nSPS) is 9.28. The number of aliphatic carboxylic acids is 1. The van der Waals surface area contributed by atoms with Crippen LogP contribution in [0.3, 0.4) is 0 Å². The van der Waals surface area contributed by atoms with Gasteiger partial charge in [0.15, 0.2) is 0 Å². The minimum atomic E-state index is -1.11.